The Balaban J connectivity index is 1.96. The molecule has 0 aliphatic heterocycles. The molecule has 0 spiro atoms. The summed E-state index contributed by atoms with van der Waals surface area (Å²) in [6, 6.07) is 8.29. The van der Waals surface area contributed by atoms with E-state index >= 15 is 0 Å². The number of nitrogens with one attached hydrogen (secondary N) is 2. The van der Waals surface area contributed by atoms with Gasteiger partial charge in [0.25, 0.3) is 11.8 Å². The Morgan fingerprint density at radius 3 is 2.36 bits per heavy atom. The van der Waals surface area contributed by atoms with E-state index in [1.807, 2.05) is 0 Å². The second-order valence-corrected chi connectivity index (χ2v) is 4.06. The lowest BCUT2D eigenvalue weighted by molar-refractivity contribution is -0.0498. The van der Waals surface area contributed by atoms with Crippen molar-refractivity contribution in [1.82, 2.24) is 15.8 Å². The molecule has 0 fully saturated rings. The Hall–Kier alpha value is -3.03. The van der Waals surface area contributed by atoms with Gasteiger partial charge in [-0.3, -0.25) is 25.4 Å². The maximum absolute atomic E-state index is 12.1. The summed E-state index contributed by atoms with van der Waals surface area (Å²) in [5.74, 6) is -1.38. The van der Waals surface area contributed by atoms with E-state index in [1.165, 1.54) is 36.7 Å². The normalized spacial score (nSPS) is 10.1. The average Bonchev–Trinajstić information content (AvgIpc) is 2.52. The number of hydrazine groups is 1. The Labute approximate surface area is 124 Å². The van der Waals surface area contributed by atoms with Gasteiger partial charge < -0.3 is 4.74 Å². The van der Waals surface area contributed by atoms with Crippen LogP contribution in [0.3, 0.4) is 0 Å². The number of hydrogen-bond acceptors (Lipinski definition) is 4. The Morgan fingerprint density at radius 1 is 1.05 bits per heavy atom. The summed E-state index contributed by atoms with van der Waals surface area (Å²) in [6.07, 6.45) is 2.84. The molecular formula is C14H11F2N3O3. The van der Waals surface area contributed by atoms with Crippen molar-refractivity contribution in [1.29, 1.82) is 0 Å². The zero-order valence-corrected chi connectivity index (χ0v) is 11.1. The highest BCUT2D eigenvalue weighted by Crippen LogP contribution is 2.15. The van der Waals surface area contributed by atoms with Crippen LogP contribution < -0.4 is 15.6 Å². The minimum atomic E-state index is -2.98. The second-order valence-electron chi connectivity index (χ2n) is 4.06. The summed E-state index contributed by atoms with van der Waals surface area (Å²) in [6.45, 7) is -2.98. The molecule has 22 heavy (non-hydrogen) atoms. The first kappa shape index (κ1) is 15.4. The van der Waals surface area contributed by atoms with Gasteiger partial charge in [-0.15, -0.1) is 0 Å². The second kappa shape index (κ2) is 7.11. The van der Waals surface area contributed by atoms with Crippen LogP contribution in [-0.2, 0) is 0 Å². The van der Waals surface area contributed by atoms with E-state index in [9.17, 15) is 18.4 Å². The van der Waals surface area contributed by atoms with Crippen LogP contribution in [0.1, 0.15) is 20.7 Å². The van der Waals surface area contributed by atoms with Crippen LogP contribution >= 0.6 is 0 Å². The number of carbonyl (C=O) groups excluding carboxylic acids is 2. The van der Waals surface area contributed by atoms with E-state index in [1.54, 1.807) is 6.07 Å². The van der Waals surface area contributed by atoms with Gasteiger partial charge in [0.15, 0.2) is 0 Å². The fourth-order valence-electron chi connectivity index (χ4n) is 1.57. The molecule has 6 nitrogen and oxygen atoms in total. The van der Waals surface area contributed by atoms with Crippen LogP contribution in [0.25, 0.3) is 0 Å². The van der Waals surface area contributed by atoms with Gasteiger partial charge in [-0.1, -0.05) is 6.07 Å². The molecule has 2 aromatic rings. The molecule has 2 N–H and O–H groups in total. The molecule has 8 heteroatoms. The first-order valence-corrected chi connectivity index (χ1v) is 6.12. The van der Waals surface area contributed by atoms with Crippen molar-refractivity contribution in [3.63, 3.8) is 0 Å². The Morgan fingerprint density at radius 2 is 1.73 bits per heavy atom. The number of carbonyl (C=O) groups is 2. The summed E-state index contributed by atoms with van der Waals surface area (Å²) in [5.41, 5.74) is 4.68. The topological polar surface area (TPSA) is 80.3 Å². The Kier molecular flexibility index (Phi) is 4.97. The van der Waals surface area contributed by atoms with E-state index in [0.717, 1.165) is 6.07 Å². The first-order valence-electron chi connectivity index (χ1n) is 6.12. The Bertz CT molecular complexity index is 665. The number of halogens is 2. The summed E-state index contributed by atoms with van der Waals surface area (Å²) in [5, 5.41) is 0. The summed E-state index contributed by atoms with van der Waals surface area (Å²) >= 11 is 0. The van der Waals surface area contributed by atoms with Gasteiger partial charge in [-0.05, 0) is 30.3 Å². The largest absolute Gasteiger partial charge is 0.435 e. The van der Waals surface area contributed by atoms with Gasteiger partial charge in [-0.25, -0.2) is 0 Å². The lowest BCUT2D eigenvalue weighted by Gasteiger charge is -2.09. The van der Waals surface area contributed by atoms with E-state index < -0.39 is 18.4 Å². The van der Waals surface area contributed by atoms with Crippen molar-refractivity contribution < 1.29 is 23.1 Å². The molecule has 1 aromatic carbocycles. The molecule has 0 unspecified atom stereocenters. The fourth-order valence-corrected chi connectivity index (χ4v) is 1.57. The smallest absolute Gasteiger partial charge is 0.387 e. The number of alkyl halides is 2. The number of nitrogens with zero attached hydrogens (tertiary/aromatic N) is 1. The third-order valence-corrected chi connectivity index (χ3v) is 2.53. The van der Waals surface area contributed by atoms with Gasteiger partial charge >= 0.3 is 6.61 Å². The molecule has 2 rings (SSSR count). The molecule has 0 aliphatic rings. The third kappa shape index (κ3) is 4.23. The molecule has 0 aliphatic carbocycles. The highest BCUT2D eigenvalue weighted by atomic mass is 19.3. The molecule has 1 heterocycles. The van der Waals surface area contributed by atoms with Crippen LogP contribution in [0, 0.1) is 0 Å². The van der Waals surface area contributed by atoms with E-state index in [-0.39, 0.29) is 16.9 Å². The number of rotatable bonds is 4. The molecule has 0 radical (unpaired) electrons. The maximum atomic E-state index is 12.1. The number of aromatic nitrogens is 1. The van der Waals surface area contributed by atoms with Gasteiger partial charge in [0, 0.05) is 18.0 Å². The van der Waals surface area contributed by atoms with Gasteiger partial charge in [0.1, 0.15) is 5.75 Å². The molecule has 0 atom stereocenters. The monoisotopic (exact) mass is 307 g/mol. The van der Waals surface area contributed by atoms with Gasteiger partial charge in [0.2, 0.25) is 0 Å². The fraction of sp³-hybridized carbons (Fsp3) is 0.0714. The van der Waals surface area contributed by atoms with E-state index in [2.05, 4.69) is 20.6 Å². The third-order valence-electron chi connectivity index (χ3n) is 2.53. The number of amides is 2. The van der Waals surface area contributed by atoms with Crippen molar-refractivity contribution in [3.05, 3.63) is 59.9 Å². The van der Waals surface area contributed by atoms with Crippen LogP contribution in [0.4, 0.5) is 8.78 Å². The van der Waals surface area contributed by atoms with Crippen LogP contribution in [0.15, 0.2) is 48.8 Å². The van der Waals surface area contributed by atoms with Crippen molar-refractivity contribution >= 4 is 11.8 Å². The molecule has 0 bridgehead atoms. The molecule has 2 amide bonds. The molecule has 0 saturated heterocycles. The summed E-state index contributed by atoms with van der Waals surface area (Å²) < 4.78 is 28.4. The minimum absolute atomic E-state index is 0.0598. The van der Waals surface area contributed by atoms with Crippen molar-refractivity contribution in [2.75, 3.05) is 0 Å². The van der Waals surface area contributed by atoms with E-state index in [0.29, 0.717) is 0 Å². The standard InChI is InChI=1S/C14H11F2N3O3/c15-14(16)22-11-5-1-3-9(7-11)12(20)18-19-13(21)10-4-2-6-17-8-10/h1-8,14H,(H,18,20)(H,19,21). The number of pyridine rings is 1. The SMILES string of the molecule is O=C(NNC(=O)c1cccc(OC(F)F)c1)c1cccnc1. The van der Waals surface area contributed by atoms with E-state index in [4.69, 9.17) is 0 Å². The van der Waals surface area contributed by atoms with Crippen LogP contribution in [-0.4, -0.2) is 23.4 Å². The lowest BCUT2D eigenvalue weighted by atomic mass is 10.2. The molecule has 0 saturated carbocycles. The quantitative estimate of drug-likeness (QED) is 0.843. The van der Waals surface area contributed by atoms with Crippen molar-refractivity contribution in [2.24, 2.45) is 0 Å². The first-order chi connectivity index (χ1) is 10.6. The predicted octanol–water partition coefficient (Wildman–Crippen LogP) is 1.76. The highest BCUT2D eigenvalue weighted by molar-refractivity contribution is 5.99. The lowest BCUT2D eigenvalue weighted by Crippen LogP contribution is -2.41. The van der Waals surface area contributed by atoms with Gasteiger partial charge in [-0.2, -0.15) is 8.78 Å². The number of hydrogen-bond donors (Lipinski definition) is 2. The number of ether oxygens (including phenoxy) is 1. The molecule has 114 valence electrons. The zero-order valence-electron chi connectivity index (χ0n) is 11.1. The maximum Gasteiger partial charge on any atom is 0.387 e. The minimum Gasteiger partial charge on any atom is -0.435 e. The van der Waals surface area contributed by atoms with Crippen LogP contribution in [0.5, 0.6) is 5.75 Å². The molecular weight excluding hydrogens is 296 g/mol. The van der Waals surface area contributed by atoms with Crippen LogP contribution in [0.2, 0.25) is 0 Å². The highest BCUT2D eigenvalue weighted by Gasteiger charge is 2.11. The summed E-state index contributed by atoms with van der Waals surface area (Å²) in [4.78, 5) is 27.3. The number of benzene rings is 1. The average molecular weight is 307 g/mol. The predicted molar refractivity (Wildman–Crippen MR) is 72.2 cm³/mol. The summed E-state index contributed by atoms with van der Waals surface area (Å²) in [7, 11) is 0. The zero-order chi connectivity index (χ0) is 15.9. The van der Waals surface area contributed by atoms with Crippen molar-refractivity contribution in [3.8, 4) is 5.75 Å². The molecule has 1 aromatic heterocycles. The van der Waals surface area contributed by atoms with Crippen molar-refractivity contribution in [2.45, 2.75) is 6.61 Å². The van der Waals surface area contributed by atoms with Gasteiger partial charge in [0.05, 0.1) is 5.56 Å².